The standard InChI is InChI=1S/C23H24N2O3S/c1-15-22(29-16(2)24-15)14-23(26)25-19(12-17-6-4-3-5-7-17)18-8-9-20-21(13-18)28-11-10-27-20/h3-9,13,19H,10-12,14H2,1-2H3,(H,25,26). The Bertz CT molecular complexity index is 1000. The molecule has 29 heavy (non-hydrogen) atoms. The van der Waals surface area contributed by atoms with Crippen LogP contribution in [-0.4, -0.2) is 24.1 Å². The van der Waals surface area contributed by atoms with Gasteiger partial charge in [-0.1, -0.05) is 36.4 Å². The molecule has 0 saturated heterocycles. The molecule has 0 spiro atoms. The highest BCUT2D eigenvalue weighted by Gasteiger charge is 2.20. The molecular weight excluding hydrogens is 384 g/mol. The van der Waals surface area contributed by atoms with Crippen molar-refractivity contribution in [1.82, 2.24) is 10.3 Å². The van der Waals surface area contributed by atoms with Crippen molar-refractivity contribution in [2.75, 3.05) is 13.2 Å². The van der Waals surface area contributed by atoms with Crippen LogP contribution in [0.3, 0.4) is 0 Å². The van der Waals surface area contributed by atoms with E-state index in [2.05, 4.69) is 22.4 Å². The number of aryl methyl sites for hydroxylation is 2. The smallest absolute Gasteiger partial charge is 0.225 e. The third-order valence-corrected chi connectivity index (χ3v) is 5.98. The molecule has 0 radical (unpaired) electrons. The molecule has 2 heterocycles. The molecule has 1 aliphatic rings. The lowest BCUT2D eigenvalue weighted by Gasteiger charge is -2.23. The van der Waals surface area contributed by atoms with Gasteiger partial charge in [0.05, 0.1) is 23.2 Å². The predicted octanol–water partition coefficient (Wildman–Crippen LogP) is 4.17. The number of amides is 1. The van der Waals surface area contributed by atoms with E-state index in [9.17, 15) is 4.79 Å². The summed E-state index contributed by atoms with van der Waals surface area (Å²) < 4.78 is 11.4. The van der Waals surface area contributed by atoms with Crippen LogP contribution in [0, 0.1) is 13.8 Å². The number of thiazole rings is 1. The van der Waals surface area contributed by atoms with Crippen LogP contribution in [0.1, 0.15) is 32.7 Å². The van der Waals surface area contributed by atoms with Gasteiger partial charge in [-0.15, -0.1) is 11.3 Å². The first-order chi connectivity index (χ1) is 14.1. The Morgan fingerprint density at radius 1 is 1.10 bits per heavy atom. The van der Waals surface area contributed by atoms with Gasteiger partial charge in [-0.3, -0.25) is 4.79 Å². The minimum atomic E-state index is -0.157. The van der Waals surface area contributed by atoms with Crippen LogP contribution in [0.5, 0.6) is 11.5 Å². The highest BCUT2D eigenvalue weighted by atomic mass is 32.1. The van der Waals surface area contributed by atoms with Crippen molar-refractivity contribution < 1.29 is 14.3 Å². The molecule has 0 fully saturated rings. The summed E-state index contributed by atoms with van der Waals surface area (Å²) in [6, 6.07) is 15.9. The van der Waals surface area contributed by atoms with E-state index in [0.717, 1.165) is 38.2 Å². The molecule has 6 heteroatoms. The number of nitrogens with one attached hydrogen (secondary N) is 1. The van der Waals surface area contributed by atoms with Crippen LogP contribution in [0.15, 0.2) is 48.5 Å². The number of benzene rings is 2. The van der Waals surface area contributed by atoms with E-state index in [4.69, 9.17) is 9.47 Å². The zero-order valence-electron chi connectivity index (χ0n) is 16.6. The summed E-state index contributed by atoms with van der Waals surface area (Å²) >= 11 is 1.58. The fourth-order valence-corrected chi connectivity index (χ4v) is 4.44. The second-order valence-corrected chi connectivity index (χ2v) is 8.42. The largest absolute Gasteiger partial charge is 0.486 e. The Kier molecular flexibility index (Phi) is 5.81. The zero-order valence-corrected chi connectivity index (χ0v) is 17.4. The number of hydrogen-bond acceptors (Lipinski definition) is 5. The van der Waals surface area contributed by atoms with Gasteiger partial charge in [0.25, 0.3) is 0 Å². The molecule has 0 bridgehead atoms. The second-order valence-electron chi connectivity index (χ2n) is 7.13. The maximum atomic E-state index is 12.8. The topological polar surface area (TPSA) is 60.5 Å². The van der Waals surface area contributed by atoms with Gasteiger partial charge in [-0.2, -0.15) is 0 Å². The number of hydrogen-bond donors (Lipinski definition) is 1. The first kappa shape index (κ1) is 19.5. The summed E-state index contributed by atoms with van der Waals surface area (Å²) in [6.07, 6.45) is 1.04. The van der Waals surface area contributed by atoms with Gasteiger partial charge < -0.3 is 14.8 Å². The third-order valence-electron chi connectivity index (χ3n) is 4.91. The lowest BCUT2D eigenvalue weighted by molar-refractivity contribution is -0.121. The SMILES string of the molecule is Cc1nc(C)c(CC(=O)NC(Cc2ccccc2)c2ccc3c(c2)OCCO3)s1. The van der Waals surface area contributed by atoms with E-state index in [0.29, 0.717) is 26.1 Å². The summed E-state index contributed by atoms with van der Waals surface area (Å²) in [7, 11) is 0. The molecule has 1 amide bonds. The van der Waals surface area contributed by atoms with E-state index in [-0.39, 0.29) is 11.9 Å². The second kappa shape index (κ2) is 8.66. The Hall–Kier alpha value is -2.86. The number of rotatable bonds is 6. The molecule has 0 aliphatic carbocycles. The normalized spacial score (nSPS) is 13.7. The summed E-state index contributed by atoms with van der Waals surface area (Å²) in [4.78, 5) is 18.3. The summed E-state index contributed by atoms with van der Waals surface area (Å²) in [5.74, 6) is 1.48. The molecule has 3 aromatic rings. The minimum Gasteiger partial charge on any atom is -0.486 e. The van der Waals surface area contributed by atoms with E-state index >= 15 is 0 Å². The highest BCUT2D eigenvalue weighted by Crippen LogP contribution is 2.33. The summed E-state index contributed by atoms with van der Waals surface area (Å²) in [6.45, 7) is 5.02. The maximum Gasteiger partial charge on any atom is 0.225 e. The molecule has 4 rings (SSSR count). The van der Waals surface area contributed by atoms with Gasteiger partial charge in [-0.05, 0) is 43.5 Å². The van der Waals surface area contributed by atoms with E-state index in [1.165, 1.54) is 0 Å². The number of aromatic nitrogens is 1. The molecule has 5 nitrogen and oxygen atoms in total. The monoisotopic (exact) mass is 408 g/mol. The minimum absolute atomic E-state index is 0.00688. The van der Waals surface area contributed by atoms with Crippen LogP contribution in [0.25, 0.3) is 0 Å². The number of nitrogens with zero attached hydrogens (tertiary/aromatic N) is 1. The maximum absolute atomic E-state index is 12.8. The van der Waals surface area contributed by atoms with Crippen molar-refractivity contribution in [1.29, 1.82) is 0 Å². The molecule has 2 aromatic carbocycles. The fraction of sp³-hybridized carbons (Fsp3) is 0.304. The Morgan fingerprint density at radius 2 is 1.86 bits per heavy atom. The molecule has 1 aliphatic heterocycles. The molecule has 0 saturated carbocycles. The van der Waals surface area contributed by atoms with E-state index < -0.39 is 0 Å². The average molecular weight is 409 g/mol. The van der Waals surface area contributed by atoms with Gasteiger partial charge in [0.2, 0.25) is 5.91 Å². The van der Waals surface area contributed by atoms with Crippen LogP contribution in [-0.2, 0) is 17.6 Å². The van der Waals surface area contributed by atoms with Gasteiger partial charge in [0.1, 0.15) is 13.2 Å². The molecule has 1 unspecified atom stereocenters. The van der Waals surface area contributed by atoms with Crippen molar-refractivity contribution >= 4 is 17.2 Å². The average Bonchev–Trinajstić information content (AvgIpc) is 3.04. The highest BCUT2D eigenvalue weighted by molar-refractivity contribution is 7.11. The van der Waals surface area contributed by atoms with Crippen molar-refractivity contribution in [2.24, 2.45) is 0 Å². The fourth-order valence-electron chi connectivity index (χ4n) is 3.51. The Balaban J connectivity index is 1.56. The number of ether oxygens (including phenoxy) is 2. The molecule has 150 valence electrons. The van der Waals surface area contributed by atoms with Gasteiger partial charge in [0.15, 0.2) is 11.5 Å². The lowest BCUT2D eigenvalue weighted by atomic mass is 9.98. The van der Waals surface area contributed by atoms with Gasteiger partial charge >= 0.3 is 0 Å². The summed E-state index contributed by atoms with van der Waals surface area (Å²) in [5.41, 5.74) is 3.10. The van der Waals surface area contributed by atoms with Crippen molar-refractivity contribution in [3.8, 4) is 11.5 Å². The zero-order chi connectivity index (χ0) is 20.2. The van der Waals surface area contributed by atoms with Crippen molar-refractivity contribution in [2.45, 2.75) is 32.7 Å². The first-order valence-corrected chi connectivity index (χ1v) is 10.6. The van der Waals surface area contributed by atoms with Crippen LogP contribution < -0.4 is 14.8 Å². The van der Waals surface area contributed by atoms with E-state index in [1.807, 2.05) is 50.2 Å². The Morgan fingerprint density at radius 3 is 2.59 bits per heavy atom. The molecule has 1 aromatic heterocycles. The number of carbonyl (C=O) groups is 1. The molecule has 1 atom stereocenters. The molecule has 1 N–H and O–H groups in total. The number of fused-ring (bicyclic) bond motifs is 1. The van der Waals surface area contributed by atoms with Crippen LogP contribution >= 0.6 is 11.3 Å². The third kappa shape index (κ3) is 4.77. The van der Waals surface area contributed by atoms with Crippen LogP contribution in [0.2, 0.25) is 0 Å². The lowest BCUT2D eigenvalue weighted by Crippen LogP contribution is -2.31. The van der Waals surface area contributed by atoms with E-state index in [1.54, 1.807) is 11.3 Å². The first-order valence-electron chi connectivity index (χ1n) is 9.74. The Labute approximate surface area is 174 Å². The predicted molar refractivity (Wildman–Crippen MR) is 114 cm³/mol. The van der Waals surface area contributed by atoms with Crippen molar-refractivity contribution in [3.63, 3.8) is 0 Å². The number of carbonyl (C=O) groups excluding carboxylic acids is 1. The molecular formula is C23H24N2O3S. The summed E-state index contributed by atoms with van der Waals surface area (Å²) in [5, 5.41) is 4.20. The van der Waals surface area contributed by atoms with Gasteiger partial charge in [-0.25, -0.2) is 4.98 Å². The quantitative estimate of drug-likeness (QED) is 0.665. The van der Waals surface area contributed by atoms with Gasteiger partial charge in [0, 0.05) is 4.88 Å². The van der Waals surface area contributed by atoms with Crippen LogP contribution in [0.4, 0.5) is 0 Å². The van der Waals surface area contributed by atoms with Crippen molar-refractivity contribution in [3.05, 3.63) is 75.2 Å².